The molecule has 0 aliphatic carbocycles. The summed E-state index contributed by atoms with van der Waals surface area (Å²) < 4.78 is 66.8. The third-order valence-corrected chi connectivity index (χ3v) is 4.09. The molecule has 0 saturated carbocycles. The van der Waals surface area contributed by atoms with Crippen molar-refractivity contribution in [2.75, 3.05) is 5.73 Å². The van der Waals surface area contributed by atoms with E-state index < -0.39 is 40.6 Å². The number of hydrogen-bond donors (Lipinski definition) is 1. The van der Waals surface area contributed by atoms with Gasteiger partial charge in [-0.15, -0.1) is 11.3 Å². The van der Waals surface area contributed by atoms with E-state index in [2.05, 4.69) is 4.98 Å². The van der Waals surface area contributed by atoms with Gasteiger partial charge >= 0.3 is 0 Å². The van der Waals surface area contributed by atoms with E-state index in [-0.39, 0.29) is 5.13 Å². The number of rotatable bonds is 2. The Morgan fingerprint density at radius 1 is 0.950 bits per heavy atom. The third kappa shape index (κ3) is 2.13. The van der Waals surface area contributed by atoms with Gasteiger partial charge in [0.05, 0.1) is 5.69 Å². The van der Waals surface area contributed by atoms with E-state index in [1.165, 1.54) is 6.92 Å². The molecule has 1 aromatic heterocycles. The molecule has 20 heavy (non-hydrogen) atoms. The minimum Gasteiger partial charge on any atom is -0.375 e. The molecule has 8 heteroatoms. The molecule has 0 aliphatic heterocycles. The lowest BCUT2D eigenvalue weighted by Crippen LogP contribution is -2.10. The van der Waals surface area contributed by atoms with Crippen molar-refractivity contribution in [2.24, 2.45) is 0 Å². The number of halogens is 5. The van der Waals surface area contributed by atoms with Gasteiger partial charge in [0.1, 0.15) is 0 Å². The van der Waals surface area contributed by atoms with Crippen LogP contribution in [0.25, 0.3) is 0 Å². The number of benzene rings is 1. The van der Waals surface area contributed by atoms with Crippen molar-refractivity contribution in [1.29, 1.82) is 0 Å². The number of aromatic nitrogens is 1. The maximum absolute atomic E-state index is 13.7. The number of thiazole rings is 1. The molecule has 1 heterocycles. The summed E-state index contributed by atoms with van der Waals surface area (Å²) in [6.45, 7) is 2.88. The molecule has 2 aromatic rings. The predicted molar refractivity (Wildman–Crippen MR) is 65.0 cm³/mol. The summed E-state index contributed by atoms with van der Waals surface area (Å²) in [5, 5.41) is 0.160. The second-order valence-electron chi connectivity index (χ2n) is 4.21. The zero-order valence-electron chi connectivity index (χ0n) is 10.4. The molecule has 2 nitrogen and oxygen atoms in total. The molecule has 0 bridgehead atoms. The monoisotopic (exact) mass is 308 g/mol. The lowest BCUT2D eigenvalue weighted by atomic mass is 9.96. The molecule has 1 atom stereocenters. The highest BCUT2D eigenvalue weighted by atomic mass is 32.1. The van der Waals surface area contributed by atoms with Gasteiger partial charge in [-0.1, -0.05) is 6.92 Å². The normalized spacial score (nSPS) is 12.8. The molecule has 1 unspecified atom stereocenters. The molecule has 0 saturated heterocycles. The van der Waals surface area contributed by atoms with Gasteiger partial charge < -0.3 is 5.73 Å². The molecule has 0 fully saturated rings. The Morgan fingerprint density at radius 3 is 1.80 bits per heavy atom. The molecular weight excluding hydrogens is 299 g/mol. The van der Waals surface area contributed by atoms with Gasteiger partial charge in [-0.2, -0.15) is 0 Å². The van der Waals surface area contributed by atoms with Crippen molar-refractivity contribution in [3.63, 3.8) is 0 Å². The van der Waals surface area contributed by atoms with Crippen molar-refractivity contribution in [2.45, 2.75) is 19.8 Å². The maximum atomic E-state index is 13.7. The number of nitrogen functional groups attached to an aromatic ring is 1. The van der Waals surface area contributed by atoms with Crippen LogP contribution in [-0.2, 0) is 0 Å². The number of anilines is 1. The topological polar surface area (TPSA) is 38.9 Å². The second kappa shape index (κ2) is 5.01. The maximum Gasteiger partial charge on any atom is 0.200 e. The molecule has 0 spiro atoms. The van der Waals surface area contributed by atoms with Gasteiger partial charge in [-0.3, -0.25) is 0 Å². The first-order chi connectivity index (χ1) is 9.25. The van der Waals surface area contributed by atoms with Crippen molar-refractivity contribution < 1.29 is 22.0 Å². The summed E-state index contributed by atoms with van der Waals surface area (Å²) in [5.41, 5.74) is 4.98. The molecule has 0 radical (unpaired) electrons. The van der Waals surface area contributed by atoms with E-state index in [0.717, 1.165) is 11.3 Å². The van der Waals surface area contributed by atoms with E-state index in [1.807, 2.05) is 0 Å². The van der Waals surface area contributed by atoms with Crippen LogP contribution >= 0.6 is 11.3 Å². The average molecular weight is 308 g/mol. The number of aryl methyl sites for hydroxylation is 1. The fourth-order valence-electron chi connectivity index (χ4n) is 1.96. The van der Waals surface area contributed by atoms with Crippen molar-refractivity contribution >= 4 is 16.5 Å². The summed E-state index contributed by atoms with van der Waals surface area (Å²) in [4.78, 5) is 4.22. The van der Waals surface area contributed by atoms with Crippen molar-refractivity contribution in [1.82, 2.24) is 4.98 Å². The van der Waals surface area contributed by atoms with E-state index in [1.54, 1.807) is 6.92 Å². The van der Waals surface area contributed by atoms with E-state index >= 15 is 0 Å². The molecule has 1 aromatic carbocycles. The van der Waals surface area contributed by atoms with Crippen LogP contribution in [0.15, 0.2) is 0 Å². The minimum atomic E-state index is -2.17. The Bertz CT molecular complexity index is 654. The van der Waals surface area contributed by atoms with Crippen LogP contribution in [0.1, 0.15) is 29.0 Å². The Morgan fingerprint density at radius 2 is 1.40 bits per heavy atom. The van der Waals surface area contributed by atoms with Crippen molar-refractivity contribution in [3.8, 4) is 0 Å². The van der Waals surface area contributed by atoms with Gasteiger partial charge in [0.25, 0.3) is 0 Å². The number of nitrogens with zero attached hydrogens (tertiary/aromatic N) is 1. The highest BCUT2D eigenvalue weighted by Crippen LogP contribution is 2.37. The third-order valence-electron chi connectivity index (χ3n) is 2.92. The average Bonchev–Trinajstić information content (AvgIpc) is 2.73. The zero-order valence-corrected chi connectivity index (χ0v) is 11.2. The molecular formula is C12H9F5N2S. The molecule has 2 N–H and O–H groups in total. The number of hydrogen-bond acceptors (Lipinski definition) is 3. The fraction of sp³-hybridized carbons (Fsp3) is 0.250. The highest BCUT2D eigenvalue weighted by molar-refractivity contribution is 7.15. The van der Waals surface area contributed by atoms with Crippen LogP contribution in [0.5, 0.6) is 0 Å². The van der Waals surface area contributed by atoms with Gasteiger partial charge in [-0.05, 0) is 6.92 Å². The van der Waals surface area contributed by atoms with Crippen LogP contribution in [0.3, 0.4) is 0 Å². The molecule has 0 aliphatic rings. The standard InChI is InChI=1S/C12H9F5N2S/c1-3(11-4(2)19-12(18)20-11)5-6(13)8(15)10(17)9(16)7(5)14/h3H,1-2H3,(H2,18,19). The Labute approximate surface area is 115 Å². The van der Waals surface area contributed by atoms with Crippen LogP contribution < -0.4 is 5.73 Å². The van der Waals surface area contributed by atoms with E-state index in [9.17, 15) is 22.0 Å². The Balaban J connectivity index is 2.67. The minimum absolute atomic E-state index is 0.160. The summed E-state index contributed by atoms with van der Waals surface area (Å²) in [6, 6.07) is 0. The molecule has 108 valence electrons. The van der Waals surface area contributed by atoms with E-state index in [0.29, 0.717) is 10.6 Å². The second-order valence-corrected chi connectivity index (χ2v) is 5.27. The first-order valence-electron chi connectivity index (χ1n) is 5.49. The summed E-state index contributed by atoms with van der Waals surface area (Å²) in [7, 11) is 0. The summed E-state index contributed by atoms with van der Waals surface area (Å²) in [5.74, 6) is -10.8. The van der Waals surface area contributed by atoms with Crippen LogP contribution in [0.4, 0.5) is 27.1 Å². The number of nitrogens with two attached hydrogens (primary N) is 1. The zero-order chi connectivity index (χ0) is 15.2. The van der Waals surface area contributed by atoms with Gasteiger partial charge in [0, 0.05) is 16.4 Å². The molecule has 2 rings (SSSR count). The molecule has 0 amide bonds. The summed E-state index contributed by atoms with van der Waals surface area (Å²) in [6.07, 6.45) is 0. The van der Waals surface area contributed by atoms with Crippen LogP contribution in [0.2, 0.25) is 0 Å². The van der Waals surface area contributed by atoms with Crippen molar-refractivity contribution in [3.05, 3.63) is 45.2 Å². The smallest absolute Gasteiger partial charge is 0.200 e. The lowest BCUT2D eigenvalue weighted by molar-refractivity contribution is 0.368. The summed E-state index contributed by atoms with van der Waals surface area (Å²) >= 11 is 0.945. The van der Waals surface area contributed by atoms with Gasteiger partial charge in [0.15, 0.2) is 28.4 Å². The first kappa shape index (κ1) is 14.7. The fourth-order valence-corrected chi connectivity index (χ4v) is 2.86. The first-order valence-corrected chi connectivity index (χ1v) is 6.31. The lowest BCUT2D eigenvalue weighted by Gasteiger charge is -2.14. The van der Waals surface area contributed by atoms with E-state index in [4.69, 9.17) is 5.73 Å². The van der Waals surface area contributed by atoms with Gasteiger partial charge in [-0.25, -0.2) is 26.9 Å². The van der Waals surface area contributed by atoms with Gasteiger partial charge in [0.2, 0.25) is 5.82 Å². The predicted octanol–water partition coefficient (Wildman–Crippen LogP) is 3.88. The van der Waals surface area contributed by atoms with Crippen LogP contribution in [0, 0.1) is 36.0 Å². The Kier molecular flexibility index (Phi) is 3.68. The Hall–Kier alpha value is -1.70. The highest BCUT2D eigenvalue weighted by Gasteiger charge is 2.30. The quantitative estimate of drug-likeness (QED) is 0.519. The largest absolute Gasteiger partial charge is 0.375 e. The van der Waals surface area contributed by atoms with Crippen LogP contribution in [-0.4, -0.2) is 4.98 Å². The SMILES string of the molecule is Cc1nc(N)sc1C(C)c1c(F)c(F)c(F)c(F)c1F.